The van der Waals surface area contributed by atoms with Crippen LogP contribution in [0.25, 0.3) is 11.4 Å². The van der Waals surface area contributed by atoms with Crippen LogP contribution in [-0.4, -0.2) is 27.0 Å². The first-order chi connectivity index (χ1) is 8.65. The van der Waals surface area contributed by atoms with Gasteiger partial charge < -0.3 is 9.63 Å². The molecule has 0 atom stereocenters. The number of aliphatic carboxylic acids is 1. The number of hydrogen-bond acceptors (Lipinski definition) is 5. The van der Waals surface area contributed by atoms with E-state index in [-0.39, 0.29) is 5.75 Å². The quantitative estimate of drug-likeness (QED) is 0.910. The first-order valence-corrected chi connectivity index (χ1v) is 6.56. The number of carbonyl (C=O) groups is 1. The van der Waals surface area contributed by atoms with Crippen LogP contribution in [0.2, 0.25) is 5.02 Å². The molecular formula is C11H9ClN2O3S. The molecule has 1 N–H and O–H groups in total. The summed E-state index contributed by atoms with van der Waals surface area (Å²) in [6, 6.07) is 7.12. The van der Waals surface area contributed by atoms with Crippen molar-refractivity contribution in [1.82, 2.24) is 10.1 Å². The number of benzene rings is 1. The number of thioether (sulfide) groups is 1. The van der Waals surface area contributed by atoms with Gasteiger partial charge in [0.15, 0.2) is 0 Å². The monoisotopic (exact) mass is 284 g/mol. The number of halogens is 1. The van der Waals surface area contributed by atoms with Gasteiger partial charge in [0, 0.05) is 10.6 Å². The summed E-state index contributed by atoms with van der Waals surface area (Å²) < 4.78 is 5.02. The van der Waals surface area contributed by atoms with Crippen molar-refractivity contribution >= 4 is 29.3 Å². The lowest BCUT2D eigenvalue weighted by molar-refractivity contribution is -0.133. The molecule has 5 nitrogen and oxygen atoms in total. The highest BCUT2D eigenvalue weighted by Crippen LogP contribution is 2.21. The van der Waals surface area contributed by atoms with Gasteiger partial charge in [0.1, 0.15) is 0 Å². The topological polar surface area (TPSA) is 76.2 Å². The molecular weight excluding hydrogens is 276 g/mol. The average molecular weight is 285 g/mol. The number of rotatable bonds is 5. The lowest BCUT2D eigenvalue weighted by atomic mass is 10.2. The zero-order valence-corrected chi connectivity index (χ0v) is 10.7. The minimum Gasteiger partial charge on any atom is -0.481 e. The van der Waals surface area contributed by atoms with Crippen LogP contribution in [0, 0.1) is 0 Å². The molecule has 1 aromatic heterocycles. The second-order valence-electron chi connectivity index (χ2n) is 3.41. The fourth-order valence-electron chi connectivity index (χ4n) is 1.28. The lowest BCUT2D eigenvalue weighted by Gasteiger charge is -1.94. The second kappa shape index (κ2) is 5.88. The summed E-state index contributed by atoms with van der Waals surface area (Å²) >= 11 is 7.07. The molecule has 0 spiro atoms. The van der Waals surface area contributed by atoms with Gasteiger partial charge in [-0.15, -0.1) is 11.8 Å². The molecule has 0 amide bonds. The van der Waals surface area contributed by atoms with E-state index in [0.717, 1.165) is 5.56 Å². The molecule has 0 unspecified atom stereocenters. The van der Waals surface area contributed by atoms with Gasteiger partial charge >= 0.3 is 5.97 Å². The van der Waals surface area contributed by atoms with Gasteiger partial charge in [0.25, 0.3) is 0 Å². The van der Waals surface area contributed by atoms with Gasteiger partial charge in [0.05, 0.1) is 11.5 Å². The third-order valence-corrected chi connectivity index (χ3v) is 3.14. The standard InChI is InChI=1S/C11H9ClN2O3S/c12-8-3-1-2-7(4-8)11-13-9(17-14-11)5-18-6-10(15)16/h1-4H,5-6H2,(H,15,16). The van der Waals surface area contributed by atoms with E-state index in [4.69, 9.17) is 21.2 Å². The maximum Gasteiger partial charge on any atom is 0.313 e. The molecule has 18 heavy (non-hydrogen) atoms. The van der Waals surface area contributed by atoms with Crippen molar-refractivity contribution in [3.63, 3.8) is 0 Å². The maximum atomic E-state index is 10.4. The summed E-state index contributed by atoms with van der Waals surface area (Å²) in [5, 5.41) is 12.9. The SMILES string of the molecule is O=C(O)CSCc1nc(-c2cccc(Cl)c2)no1. The first kappa shape index (κ1) is 12.9. The van der Waals surface area contributed by atoms with Crippen LogP contribution in [0.5, 0.6) is 0 Å². The number of hydrogen-bond donors (Lipinski definition) is 1. The van der Waals surface area contributed by atoms with Gasteiger partial charge in [0.2, 0.25) is 11.7 Å². The third kappa shape index (κ3) is 3.48. The fraction of sp³-hybridized carbons (Fsp3) is 0.182. The Morgan fingerprint density at radius 1 is 1.50 bits per heavy atom. The molecule has 0 aliphatic heterocycles. The van der Waals surface area contributed by atoms with E-state index in [1.54, 1.807) is 18.2 Å². The molecule has 0 aliphatic carbocycles. The number of carboxylic acids is 1. The van der Waals surface area contributed by atoms with Gasteiger partial charge in [-0.2, -0.15) is 4.98 Å². The molecule has 0 radical (unpaired) electrons. The Bertz CT molecular complexity index is 559. The zero-order valence-electron chi connectivity index (χ0n) is 9.17. The molecule has 0 fully saturated rings. The number of aromatic nitrogens is 2. The van der Waals surface area contributed by atoms with Crippen LogP contribution in [0.1, 0.15) is 5.89 Å². The second-order valence-corrected chi connectivity index (χ2v) is 4.83. The molecule has 0 aliphatic rings. The zero-order chi connectivity index (χ0) is 13.0. The van der Waals surface area contributed by atoms with Gasteiger partial charge in [-0.05, 0) is 12.1 Å². The number of nitrogens with zero attached hydrogens (tertiary/aromatic N) is 2. The van der Waals surface area contributed by atoms with Crippen molar-refractivity contribution in [2.75, 3.05) is 5.75 Å². The Hall–Kier alpha value is -1.53. The summed E-state index contributed by atoms with van der Waals surface area (Å²) in [4.78, 5) is 14.5. The third-order valence-electron chi connectivity index (χ3n) is 2.00. The van der Waals surface area contributed by atoms with Crippen molar-refractivity contribution in [3.8, 4) is 11.4 Å². The van der Waals surface area contributed by atoms with E-state index in [2.05, 4.69) is 10.1 Å². The minimum absolute atomic E-state index is 0.00881. The first-order valence-electron chi connectivity index (χ1n) is 5.03. The minimum atomic E-state index is -0.866. The molecule has 1 aromatic carbocycles. The molecule has 0 saturated carbocycles. The summed E-state index contributed by atoms with van der Waals surface area (Å²) in [6.07, 6.45) is 0. The molecule has 1 heterocycles. The van der Waals surface area contributed by atoms with Crippen LogP contribution in [-0.2, 0) is 10.5 Å². The predicted molar refractivity (Wildman–Crippen MR) is 68.5 cm³/mol. The molecule has 2 rings (SSSR count). The highest BCUT2D eigenvalue weighted by molar-refractivity contribution is 7.99. The Kier molecular flexibility index (Phi) is 4.22. The van der Waals surface area contributed by atoms with Crippen LogP contribution in [0.3, 0.4) is 0 Å². The van der Waals surface area contributed by atoms with E-state index in [1.165, 1.54) is 11.8 Å². The predicted octanol–water partition coefficient (Wildman–Crippen LogP) is 2.71. The van der Waals surface area contributed by atoms with Crippen LogP contribution >= 0.6 is 23.4 Å². The van der Waals surface area contributed by atoms with Crippen LogP contribution in [0.15, 0.2) is 28.8 Å². The van der Waals surface area contributed by atoms with Crippen molar-refractivity contribution in [3.05, 3.63) is 35.2 Å². The number of carboxylic acid groups (broad SMARTS) is 1. The Morgan fingerprint density at radius 2 is 2.33 bits per heavy atom. The fourth-order valence-corrected chi connectivity index (χ4v) is 2.04. The highest BCUT2D eigenvalue weighted by atomic mass is 35.5. The Balaban J connectivity index is 2.04. The normalized spacial score (nSPS) is 10.5. The van der Waals surface area contributed by atoms with E-state index in [9.17, 15) is 4.79 Å². The molecule has 94 valence electrons. The molecule has 7 heteroatoms. The smallest absolute Gasteiger partial charge is 0.313 e. The van der Waals surface area contributed by atoms with E-state index >= 15 is 0 Å². The molecule has 0 saturated heterocycles. The summed E-state index contributed by atoms with van der Waals surface area (Å²) in [5.74, 6) is 0.364. The highest BCUT2D eigenvalue weighted by Gasteiger charge is 2.09. The summed E-state index contributed by atoms with van der Waals surface area (Å²) in [6.45, 7) is 0. The van der Waals surface area contributed by atoms with Crippen molar-refractivity contribution in [2.45, 2.75) is 5.75 Å². The van der Waals surface area contributed by atoms with Crippen molar-refractivity contribution in [2.24, 2.45) is 0 Å². The molecule has 2 aromatic rings. The largest absolute Gasteiger partial charge is 0.481 e. The Morgan fingerprint density at radius 3 is 3.06 bits per heavy atom. The van der Waals surface area contributed by atoms with E-state index < -0.39 is 5.97 Å². The van der Waals surface area contributed by atoms with E-state index in [0.29, 0.717) is 22.5 Å². The van der Waals surface area contributed by atoms with Crippen molar-refractivity contribution in [1.29, 1.82) is 0 Å². The van der Waals surface area contributed by atoms with E-state index in [1.807, 2.05) is 6.07 Å². The van der Waals surface area contributed by atoms with Crippen LogP contribution < -0.4 is 0 Å². The Labute approximate surface area is 112 Å². The lowest BCUT2D eigenvalue weighted by Crippen LogP contribution is -1.98. The summed E-state index contributed by atoms with van der Waals surface area (Å²) in [5.41, 5.74) is 0.765. The van der Waals surface area contributed by atoms with Crippen LogP contribution in [0.4, 0.5) is 0 Å². The maximum absolute atomic E-state index is 10.4. The van der Waals surface area contributed by atoms with Crippen molar-refractivity contribution < 1.29 is 14.4 Å². The van der Waals surface area contributed by atoms with Gasteiger partial charge in [-0.3, -0.25) is 4.79 Å². The molecule has 0 bridgehead atoms. The van der Waals surface area contributed by atoms with Gasteiger partial charge in [-0.1, -0.05) is 28.9 Å². The summed E-state index contributed by atoms with van der Waals surface area (Å²) in [7, 11) is 0. The average Bonchev–Trinajstić information content (AvgIpc) is 2.77. The van der Waals surface area contributed by atoms with Gasteiger partial charge in [-0.25, -0.2) is 0 Å².